The van der Waals surface area contributed by atoms with E-state index in [0.29, 0.717) is 12.2 Å². The van der Waals surface area contributed by atoms with Crippen LogP contribution in [0.25, 0.3) is 0 Å². The van der Waals surface area contributed by atoms with Crippen LogP contribution in [0.5, 0.6) is 0 Å². The van der Waals surface area contributed by atoms with Crippen molar-refractivity contribution < 1.29 is 4.74 Å². The topological polar surface area (TPSA) is 21.3 Å². The van der Waals surface area contributed by atoms with Gasteiger partial charge in [-0.2, -0.15) is 0 Å². The lowest BCUT2D eigenvalue weighted by atomic mass is 9.89. The predicted octanol–water partition coefficient (Wildman–Crippen LogP) is 2.33. The van der Waals surface area contributed by atoms with Crippen molar-refractivity contribution in [1.82, 2.24) is 5.32 Å². The van der Waals surface area contributed by atoms with E-state index in [4.69, 9.17) is 4.74 Å². The summed E-state index contributed by atoms with van der Waals surface area (Å²) in [6, 6.07) is 0.719. The van der Waals surface area contributed by atoms with Crippen molar-refractivity contribution >= 4 is 0 Å². The minimum Gasteiger partial charge on any atom is -0.375 e. The van der Waals surface area contributed by atoms with Gasteiger partial charge < -0.3 is 10.1 Å². The van der Waals surface area contributed by atoms with Gasteiger partial charge >= 0.3 is 0 Å². The fourth-order valence-electron chi connectivity index (χ4n) is 3.25. The van der Waals surface area contributed by atoms with Crippen molar-refractivity contribution in [3.05, 3.63) is 0 Å². The second-order valence-corrected chi connectivity index (χ2v) is 5.86. The van der Waals surface area contributed by atoms with Gasteiger partial charge in [-0.25, -0.2) is 0 Å². The van der Waals surface area contributed by atoms with Crippen molar-refractivity contribution in [3.63, 3.8) is 0 Å². The van der Waals surface area contributed by atoms with Crippen LogP contribution in [0.3, 0.4) is 0 Å². The second-order valence-electron chi connectivity index (χ2n) is 5.86. The first kappa shape index (κ1) is 10.1. The summed E-state index contributed by atoms with van der Waals surface area (Å²) >= 11 is 0. The number of ether oxygens (including phenoxy) is 1. The van der Waals surface area contributed by atoms with Crippen LogP contribution in [0, 0.1) is 11.8 Å². The molecule has 1 aliphatic carbocycles. The Hall–Kier alpha value is -0.0800. The van der Waals surface area contributed by atoms with Crippen molar-refractivity contribution in [3.8, 4) is 0 Å². The number of hydrogen-bond donors (Lipinski definition) is 1. The summed E-state index contributed by atoms with van der Waals surface area (Å²) in [4.78, 5) is 0. The molecule has 1 N–H and O–H groups in total. The Morgan fingerprint density at radius 1 is 1.27 bits per heavy atom. The normalized spacial score (nSPS) is 41.0. The Bertz CT molecular complexity index is 227. The van der Waals surface area contributed by atoms with Crippen LogP contribution in [-0.2, 0) is 4.74 Å². The standard InChI is InChI=1S/C13H23NO/c1-9(6-10-2-3-10)14-8-11-7-12-4-5-13(11)15-12/h9-14H,2-8H2,1H3. The average molecular weight is 209 g/mol. The molecule has 2 heterocycles. The Balaban J connectivity index is 1.38. The quantitative estimate of drug-likeness (QED) is 0.750. The highest BCUT2D eigenvalue weighted by Gasteiger charge is 2.40. The van der Waals surface area contributed by atoms with Gasteiger partial charge in [-0.3, -0.25) is 0 Å². The van der Waals surface area contributed by atoms with Crippen molar-refractivity contribution in [2.45, 2.75) is 63.7 Å². The van der Waals surface area contributed by atoms with Gasteiger partial charge in [0.2, 0.25) is 0 Å². The molecule has 0 spiro atoms. The van der Waals surface area contributed by atoms with E-state index in [1.54, 1.807) is 0 Å². The minimum atomic E-state index is 0.593. The maximum atomic E-state index is 5.87. The van der Waals surface area contributed by atoms with Gasteiger partial charge in [-0.15, -0.1) is 0 Å². The third-order valence-electron chi connectivity index (χ3n) is 4.34. The fraction of sp³-hybridized carbons (Fsp3) is 1.00. The van der Waals surface area contributed by atoms with E-state index in [9.17, 15) is 0 Å². The Morgan fingerprint density at radius 3 is 2.73 bits per heavy atom. The number of rotatable bonds is 5. The average Bonchev–Trinajstić information content (AvgIpc) is 2.80. The molecule has 0 amide bonds. The highest BCUT2D eigenvalue weighted by atomic mass is 16.5. The zero-order valence-electron chi connectivity index (χ0n) is 9.74. The summed E-state index contributed by atoms with van der Waals surface area (Å²) in [6.45, 7) is 3.53. The molecule has 0 aromatic heterocycles. The van der Waals surface area contributed by atoms with Crippen LogP contribution in [0.2, 0.25) is 0 Å². The number of hydrogen-bond acceptors (Lipinski definition) is 2. The molecule has 2 heteroatoms. The van der Waals surface area contributed by atoms with E-state index >= 15 is 0 Å². The van der Waals surface area contributed by atoms with Crippen LogP contribution in [-0.4, -0.2) is 24.8 Å². The molecule has 4 unspecified atom stereocenters. The summed E-state index contributed by atoms with van der Waals surface area (Å²) in [5.74, 6) is 1.86. The first-order chi connectivity index (χ1) is 7.31. The van der Waals surface area contributed by atoms with Gasteiger partial charge in [0.05, 0.1) is 12.2 Å². The summed E-state index contributed by atoms with van der Waals surface area (Å²) < 4.78 is 5.87. The molecule has 1 saturated carbocycles. The lowest BCUT2D eigenvalue weighted by molar-refractivity contribution is 0.0920. The molecule has 2 aliphatic heterocycles. The molecule has 0 aromatic carbocycles. The second kappa shape index (κ2) is 4.06. The van der Waals surface area contributed by atoms with Crippen LogP contribution in [0.15, 0.2) is 0 Å². The zero-order chi connectivity index (χ0) is 10.3. The number of fused-ring (bicyclic) bond motifs is 2. The first-order valence-electron chi connectivity index (χ1n) is 6.70. The van der Waals surface area contributed by atoms with Gasteiger partial charge in [0.25, 0.3) is 0 Å². The smallest absolute Gasteiger partial charge is 0.0621 e. The van der Waals surface area contributed by atoms with E-state index in [0.717, 1.165) is 17.9 Å². The number of nitrogens with one attached hydrogen (secondary N) is 1. The molecule has 15 heavy (non-hydrogen) atoms. The lowest BCUT2D eigenvalue weighted by Crippen LogP contribution is -2.35. The fourth-order valence-corrected chi connectivity index (χ4v) is 3.25. The molecular formula is C13H23NO. The molecular weight excluding hydrogens is 186 g/mol. The predicted molar refractivity (Wildman–Crippen MR) is 60.8 cm³/mol. The van der Waals surface area contributed by atoms with Crippen LogP contribution in [0.1, 0.15) is 45.4 Å². The van der Waals surface area contributed by atoms with Gasteiger partial charge in [0.15, 0.2) is 0 Å². The van der Waals surface area contributed by atoms with Crippen LogP contribution in [0.4, 0.5) is 0 Å². The summed E-state index contributed by atoms with van der Waals surface area (Å²) in [5.41, 5.74) is 0. The van der Waals surface area contributed by atoms with Crippen molar-refractivity contribution in [2.75, 3.05) is 6.54 Å². The van der Waals surface area contributed by atoms with Gasteiger partial charge in [0, 0.05) is 18.5 Å². The van der Waals surface area contributed by atoms with E-state index < -0.39 is 0 Å². The molecule has 2 saturated heterocycles. The molecule has 2 bridgehead atoms. The van der Waals surface area contributed by atoms with E-state index in [2.05, 4.69) is 12.2 Å². The van der Waals surface area contributed by atoms with Crippen molar-refractivity contribution in [1.29, 1.82) is 0 Å². The minimum absolute atomic E-state index is 0.593. The highest BCUT2D eigenvalue weighted by Crippen LogP contribution is 2.38. The molecule has 2 nitrogen and oxygen atoms in total. The molecule has 0 aromatic rings. The third kappa shape index (κ3) is 2.36. The maximum absolute atomic E-state index is 5.87. The molecule has 4 atom stereocenters. The van der Waals surface area contributed by atoms with Crippen LogP contribution >= 0.6 is 0 Å². The third-order valence-corrected chi connectivity index (χ3v) is 4.34. The van der Waals surface area contributed by atoms with Gasteiger partial charge in [-0.1, -0.05) is 12.8 Å². The monoisotopic (exact) mass is 209 g/mol. The Labute approximate surface area is 92.8 Å². The maximum Gasteiger partial charge on any atom is 0.0621 e. The van der Waals surface area contributed by atoms with E-state index in [-0.39, 0.29) is 0 Å². The van der Waals surface area contributed by atoms with Crippen molar-refractivity contribution in [2.24, 2.45) is 11.8 Å². The highest BCUT2D eigenvalue weighted by molar-refractivity contribution is 4.91. The zero-order valence-corrected chi connectivity index (χ0v) is 9.74. The largest absolute Gasteiger partial charge is 0.375 e. The van der Waals surface area contributed by atoms with Gasteiger partial charge in [0.1, 0.15) is 0 Å². The SMILES string of the molecule is CC(CC1CC1)NCC1CC2CCC1O2. The van der Waals surface area contributed by atoms with Gasteiger partial charge in [-0.05, 0) is 38.5 Å². The van der Waals surface area contributed by atoms with E-state index in [1.807, 2.05) is 0 Å². The molecule has 3 rings (SSSR count). The summed E-state index contributed by atoms with van der Waals surface area (Å²) in [5, 5.41) is 3.70. The lowest BCUT2D eigenvalue weighted by Gasteiger charge is -2.21. The molecule has 3 fully saturated rings. The Kier molecular flexibility index (Phi) is 2.73. The summed E-state index contributed by atoms with van der Waals surface area (Å²) in [6.07, 6.45) is 9.49. The first-order valence-corrected chi connectivity index (χ1v) is 6.70. The molecule has 3 aliphatic rings. The summed E-state index contributed by atoms with van der Waals surface area (Å²) in [7, 11) is 0. The van der Waals surface area contributed by atoms with E-state index in [1.165, 1.54) is 45.1 Å². The Morgan fingerprint density at radius 2 is 2.13 bits per heavy atom. The van der Waals surface area contributed by atoms with Crippen LogP contribution < -0.4 is 5.32 Å². The molecule has 86 valence electrons. The molecule has 0 radical (unpaired) electrons.